The number of non-ortho nitro benzene ring substituents is 1. The Labute approximate surface area is 122 Å². The maximum Gasteiger partial charge on any atom is 0.269 e. The van der Waals surface area contributed by atoms with Crippen molar-refractivity contribution in [3.05, 3.63) is 63.7 Å². The van der Waals surface area contributed by atoms with E-state index < -0.39 is 0 Å². The summed E-state index contributed by atoms with van der Waals surface area (Å²) in [4.78, 5) is 11.7. The van der Waals surface area contributed by atoms with Gasteiger partial charge in [0.1, 0.15) is 0 Å². The van der Waals surface area contributed by atoms with Crippen molar-refractivity contribution in [2.45, 2.75) is 17.6 Å². The minimum atomic E-state index is -0.360. The van der Waals surface area contributed by atoms with E-state index in [2.05, 4.69) is 24.4 Å². The highest BCUT2D eigenvalue weighted by atomic mass is 32.2. The summed E-state index contributed by atoms with van der Waals surface area (Å²) in [6.45, 7) is 2.06. The van der Waals surface area contributed by atoms with Gasteiger partial charge < -0.3 is 5.32 Å². The first-order valence-corrected chi connectivity index (χ1v) is 7.24. The smallest absolute Gasteiger partial charge is 0.269 e. The Balaban J connectivity index is 2.22. The highest BCUT2D eigenvalue weighted by Crippen LogP contribution is 2.30. The summed E-state index contributed by atoms with van der Waals surface area (Å²) in [5, 5.41) is 13.9. The molecule has 0 atom stereocenters. The van der Waals surface area contributed by atoms with Crippen LogP contribution in [-0.2, 0) is 5.75 Å². The third kappa shape index (κ3) is 3.30. The lowest BCUT2D eigenvalue weighted by Crippen LogP contribution is -1.97. The number of thioether (sulfide) groups is 1. The molecule has 104 valence electrons. The zero-order valence-electron chi connectivity index (χ0n) is 11.4. The molecule has 2 rings (SSSR count). The van der Waals surface area contributed by atoms with Crippen molar-refractivity contribution in [1.29, 1.82) is 0 Å². The van der Waals surface area contributed by atoms with Gasteiger partial charge >= 0.3 is 0 Å². The van der Waals surface area contributed by atoms with Crippen LogP contribution in [0, 0.1) is 17.0 Å². The fourth-order valence-electron chi connectivity index (χ4n) is 1.93. The number of anilines is 1. The molecule has 0 aliphatic rings. The van der Waals surface area contributed by atoms with Crippen LogP contribution in [0.15, 0.2) is 47.4 Å². The van der Waals surface area contributed by atoms with Crippen LogP contribution in [0.5, 0.6) is 0 Å². The summed E-state index contributed by atoms with van der Waals surface area (Å²) in [5.41, 5.74) is 3.21. The number of aryl methyl sites for hydroxylation is 1. The monoisotopic (exact) mass is 288 g/mol. The summed E-state index contributed by atoms with van der Waals surface area (Å²) in [7, 11) is 1.82. The summed E-state index contributed by atoms with van der Waals surface area (Å²) in [6, 6.07) is 13.1. The zero-order valence-corrected chi connectivity index (χ0v) is 12.2. The first-order chi connectivity index (χ1) is 9.61. The molecule has 0 unspecified atom stereocenters. The van der Waals surface area contributed by atoms with E-state index in [1.54, 1.807) is 23.9 Å². The van der Waals surface area contributed by atoms with Crippen molar-refractivity contribution in [2.75, 3.05) is 12.4 Å². The van der Waals surface area contributed by atoms with Crippen LogP contribution >= 0.6 is 11.8 Å². The third-order valence-electron chi connectivity index (χ3n) is 3.05. The average molecular weight is 288 g/mol. The second-order valence-corrected chi connectivity index (χ2v) is 5.42. The maximum atomic E-state index is 10.9. The molecule has 0 amide bonds. The maximum absolute atomic E-state index is 10.9. The Hall–Kier alpha value is -2.01. The number of nitro benzene ring substituents is 1. The predicted octanol–water partition coefficient (Wildman–Crippen LogP) is 4.24. The Bertz CT molecular complexity index is 629. The number of nitrogens with zero attached hydrogens (tertiary/aromatic N) is 1. The Morgan fingerprint density at radius 1 is 1.25 bits per heavy atom. The molecule has 0 bridgehead atoms. The largest absolute Gasteiger partial charge is 0.388 e. The van der Waals surface area contributed by atoms with Gasteiger partial charge in [-0.25, -0.2) is 0 Å². The Morgan fingerprint density at radius 3 is 2.65 bits per heavy atom. The number of nitrogens with one attached hydrogen (secondary N) is 1. The zero-order chi connectivity index (χ0) is 14.5. The van der Waals surface area contributed by atoms with Crippen molar-refractivity contribution in [2.24, 2.45) is 0 Å². The second-order valence-electron chi connectivity index (χ2n) is 4.40. The van der Waals surface area contributed by atoms with Crippen LogP contribution in [0.1, 0.15) is 11.1 Å². The normalized spacial score (nSPS) is 10.3. The van der Waals surface area contributed by atoms with E-state index in [4.69, 9.17) is 0 Å². The molecule has 0 aliphatic heterocycles. The van der Waals surface area contributed by atoms with Gasteiger partial charge in [0.25, 0.3) is 5.69 Å². The van der Waals surface area contributed by atoms with Crippen LogP contribution in [0.2, 0.25) is 0 Å². The molecule has 1 N–H and O–H groups in total. The van der Waals surface area contributed by atoms with Crippen LogP contribution in [0.3, 0.4) is 0 Å². The molecule has 0 spiro atoms. The number of nitro groups is 1. The van der Waals surface area contributed by atoms with Crippen LogP contribution < -0.4 is 5.32 Å². The summed E-state index contributed by atoms with van der Waals surface area (Å²) in [5.74, 6) is 0.697. The molecular formula is C15H16N2O2S. The summed E-state index contributed by atoms with van der Waals surface area (Å²) >= 11 is 1.69. The molecule has 0 aromatic heterocycles. The molecule has 2 aromatic carbocycles. The molecule has 0 saturated heterocycles. The van der Waals surface area contributed by atoms with E-state index in [0.29, 0.717) is 5.75 Å². The molecule has 4 nitrogen and oxygen atoms in total. The predicted molar refractivity (Wildman–Crippen MR) is 83.4 cm³/mol. The van der Waals surface area contributed by atoms with Crippen LogP contribution in [0.4, 0.5) is 11.4 Å². The lowest BCUT2D eigenvalue weighted by molar-refractivity contribution is -0.384. The Morgan fingerprint density at radius 2 is 2.00 bits per heavy atom. The second kappa shape index (κ2) is 6.43. The van der Waals surface area contributed by atoms with Gasteiger partial charge in [0.05, 0.1) is 4.92 Å². The van der Waals surface area contributed by atoms with E-state index in [-0.39, 0.29) is 10.6 Å². The van der Waals surface area contributed by atoms with Gasteiger partial charge in [-0.15, -0.1) is 11.8 Å². The highest BCUT2D eigenvalue weighted by molar-refractivity contribution is 7.98. The van der Waals surface area contributed by atoms with Gasteiger partial charge in [-0.1, -0.05) is 18.2 Å². The standard InChI is InChI=1S/C15H16N2O2S/c1-11-5-3-4-6-15(11)20-10-12-9-13(17(18)19)7-8-14(12)16-2/h3-9,16H,10H2,1-2H3. The molecule has 0 heterocycles. The average Bonchev–Trinajstić information content (AvgIpc) is 2.46. The molecular weight excluding hydrogens is 272 g/mol. The van der Waals surface area contributed by atoms with Gasteiger partial charge in [-0.05, 0) is 30.2 Å². The topological polar surface area (TPSA) is 55.2 Å². The van der Waals surface area contributed by atoms with Crippen molar-refractivity contribution >= 4 is 23.1 Å². The molecule has 0 aliphatic carbocycles. The first kappa shape index (κ1) is 14.4. The van der Waals surface area contributed by atoms with Gasteiger partial charge in [0, 0.05) is 35.5 Å². The first-order valence-electron chi connectivity index (χ1n) is 6.25. The minimum absolute atomic E-state index is 0.129. The van der Waals surface area contributed by atoms with Gasteiger partial charge in [-0.2, -0.15) is 0 Å². The molecule has 0 fully saturated rings. The molecule has 0 saturated carbocycles. The van der Waals surface area contributed by atoms with Gasteiger partial charge in [0.15, 0.2) is 0 Å². The number of hydrogen-bond donors (Lipinski definition) is 1. The van der Waals surface area contributed by atoms with E-state index in [1.165, 1.54) is 16.5 Å². The minimum Gasteiger partial charge on any atom is -0.388 e. The fourth-order valence-corrected chi connectivity index (χ4v) is 2.95. The molecule has 5 heteroatoms. The fraction of sp³-hybridized carbons (Fsp3) is 0.200. The summed E-state index contributed by atoms with van der Waals surface area (Å²) < 4.78 is 0. The van der Waals surface area contributed by atoms with Crippen LogP contribution in [-0.4, -0.2) is 12.0 Å². The Kier molecular flexibility index (Phi) is 4.63. The lowest BCUT2D eigenvalue weighted by Gasteiger charge is -2.10. The quantitative estimate of drug-likeness (QED) is 0.508. The van der Waals surface area contributed by atoms with Crippen molar-refractivity contribution in [3.8, 4) is 0 Å². The van der Waals surface area contributed by atoms with E-state index in [1.807, 2.05) is 19.2 Å². The van der Waals surface area contributed by atoms with Crippen molar-refractivity contribution in [3.63, 3.8) is 0 Å². The molecule has 0 radical (unpaired) electrons. The lowest BCUT2D eigenvalue weighted by atomic mass is 10.2. The number of rotatable bonds is 5. The van der Waals surface area contributed by atoms with Crippen molar-refractivity contribution < 1.29 is 4.92 Å². The molecule has 20 heavy (non-hydrogen) atoms. The van der Waals surface area contributed by atoms with Crippen LogP contribution in [0.25, 0.3) is 0 Å². The van der Waals surface area contributed by atoms with Gasteiger partial charge in [0.2, 0.25) is 0 Å². The molecule has 2 aromatic rings. The highest BCUT2D eigenvalue weighted by Gasteiger charge is 2.10. The van der Waals surface area contributed by atoms with Crippen molar-refractivity contribution in [1.82, 2.24) is 0 Å². The van der Waals surface area contributed by atoms with E-state index >= 15 is 0 Å². The van der Waals surface area contributed by atoms with Gasteiger partial charge in [-0.3, -0.25) is 10.1 Å². The third-order valence-corrected chi connectivity index (χ3v) is 4.27. The number of hydrogen-bond acceptors (Lipinski definition) is 4. The SMILES string of the molecule is CNc1ccc([N+](=O)[O-])cc1CSc1ccccc1C. The van der Waals surface area contributed by atoms with E-state index in [9.17, 15) is 10.1 Å². The number of benzene rings is 2. The summed E-state index contributed by atoms with van der Waals surface area (Å²) in [6.07, 6.45) is 0. The van der Waals surface area contributed by atoms with E-state index in [0.717, 1.165) is 11.3 Å².